The molecule has 0 aromatic heterocycles. The molecule has 17 heavy (non-hydrogen) atoms. The molecule has 1 heterocycles. The van der Waals surface area contributed by atoms with Crippen LogP contribution < -0.4 is 5.32 Å². The number of nitrogens with zero attached hydrogens (tertiary/aromatic N) is 2. The van der Waals surface area contributed by atoms with Crippen molar-refractivity contribution in [3.63, 3.8) is 0 Å². The lowest BCUT2D eigenvalue weighted by atomic mass is 10.2. The zero-order valence-corrected chi connectivity index (χ0v) is 10.4. The summed E-state index contributed by atoms with van der Waals surface area (Å²) in [6.45, 7) is 6.68. The fourth-order valence-electron chi connectivity index (χ4n) is 1.11. The van der Waals surface area contributed by atoms with E-state index in [2.05, 4.69) is 10.4 Å². The molecule has 1 aliphatic rings. The first kappa shape index (κ1) is 13.4. The third-order valence-corrected chi connectivity index (χ3v) is 1.89. The number of urea groups is 1. The maximum absolute atomic E-state index is 11.6. The van der Waals surface area contributed by atoms with Crippen LogP contribution in [0.5, 0.6) is 0 Å². The van der Waals surface area contributed by atoms with Crippen LogP contribution in [0.1, 0.15) is 27.7 Å². The van der Waals surface area contributed by atoms with E-state index in [-0.39, 0.29) is 6.54 Å². The van der Waals surface area contributed by atoms with Gasteiger partial charge in [-0.1, -0.05) is 0 Å². The molecule has 96 valence electrons. The van der Waals surface area contributed by atoms with Gasteiger partial charge in [-0.15, -0.1) is 5.01 Å². The monoisotopic (exact) mass is 243 g/mol. The molecule has 0 radical (unpaired) electrons. The maximum atomic E-state index is 11.6. The van der Waals surface area contributed by atoms with E-state index >= 15 is 0 Å². The smallest absolute Gasteiger partial charge is 0.439 e. The minimum Gasteiger partial charge on any atom is -0.442 e. The van der Waals surface area contributed by atoms with E-state index in [1.54, 1.807) is 20.8 Å². The number of aliphatic hydroxyl groups excluding tert-OH is 1. The van der Waals surface area contributed by atoms with Crippen molar-refractivity contribution in [3.8, 4) is 0 Å². The highest BCUT2D eigenvalue weighted by molar-refractivity contribution is 6.00. The lowest BCUT2D eigenvalue weighted by Crippen LogP contribution is -2.50. The Morgan fingerprint density at radius 1 is 1.59 bits per heavy atom. The van der Waals surface area contributed by atoms with Crippen LogP contribution in [0.4, 0.5) is 9.59 Å². The summed E-state index contributed by atoms with van der Waals surface area (Å²) in [7, 11) is 0. The van der Waals surface area contributed by atoms with Crippen molar-refractivity contribution in [1.29, 1.82) is 0 Å². The van der Waals surface area contributed by atoms with Gasteiger partial charge >= 0.3 is 12.1 Å². The Morgan fingerprint density at radius 3 is 2.65 bits per heavy atom. The topological polar surface area (TPSA) is 91.2 Å². The van der Waals surface area contributed by atoms with Crippen LogP contribution in [-0.2, 0) is 4.74 Å². The van der Waals surface area contributed by atoms with Gasteiger partial charge in [0.15, 0.2) is 0 Å². The highest BCUT2D eigenvalue weighted by Gasteiger charge is 2.31. The number of carbonyl (C=O) groups excluding carboxylic acids is 2. The molecule has 7 nitrogen and oxygen atoms in total. The molecule has 0 aromatic rings. The van der Waals surface area contributed by atoms with Crippen molar-refractivity contribution < 1.29 is 19.4 Å². The Kier molecular flexibility index (Phi) is 3.72. The van der Waals surface area contributed by atoms with Crippen LogP contribution in [0, 0.1) is 0 Å². The molecule has 3 amide bonds. The van der Waals surface area contributed by atoms with Gasteiger partial charge in [-0.2, -0.15) is 5.10 Å². The molecule has 0 saturated heterocycles. The van der Waals surface area contributed by atoms with Gasteiger partial charge in [0, 0.05) is 0 Å². The molecule has 1 aliphatic heterocycles. The highest BCUT2D eigenvalue weighted by atomic mass is 16.6. The van der Waals surface area contributed by atoms with Gasteiger partial charge in [0.05, 0.1) is 18.4 Å². The minimum atomic E-state index is -0.868. The Bertz CT molecular complexity index is 357. The number of hydrazone groups is 1. The first-order chi connectivity index (χ1) is 7.70. The first-order valence-electron chi connectivity index (χ1n) is 5.27. The Morgan fingerprint density at radius 2 is 2.18 bits per heavy atom. The number of carbonyl (C=O) groups is 2. The zero-order chi connectivity index (χ0) is 13.2. The molecule has 0 fully saturated rings. The first-order valence-corrected chi connectivity index (χ1v) is 5.27. The summed E-state index contributed by atoms with van der Waals surface area (Å²) in [4.78, 5) is 23.1. The van der Waals surface area contributed by atoms with E-state index in [4.69, 9.17) is 4.74 Å². The van der Waals surface area contributed by atoms with Gasteiger partial charge in [-0.3, -0.25) is 0 Å². The number of amides is 3. The number of rotatable bonds is 1. The molecule has 0 aromatic carbocycles. The Labute approximate surface area is 99.4 Å². The molecular formula is C10H17N3O4. The van der Waals surface area contributed by atoms with E-state index < -0.39 is 23.8 Å². The molecule has 1 unspecified atom stereocenters. The van der Waals surface area contributed by atoms with Crippen LogP contribution in [-0.4, -0.2) is 46.2 Å². The van der Waals surface area contributed by atoms with Crippen LogP contribution in [0.15, 0.2) is 5.10 Å². The lowest BCUT2D eigenvalue weighted by molar-refractivity contribution is 0.0317. The lowest BCUT2D eigenvalue weighted by Gasteiger charge is -2.27. The van der Waals surface area contributed by atoms with Gasteiger partial charge in [-0.25, -0.2) is 9.59 Å². The average molecular weight is 243 g/mol. The van der Waals surface area contributed by atoms with Crippen LogP contribution in [0.2, 0.25) is 0 Å². The van der Waals surface area contributed by atoms with Crippen molar-refractivity contribution >= 4 is 17.8 Å². The number of hydrogen-bond acceptors (Lipinski definition) is 5. The molecular weight excluding hydrogens is 226 g/mol. The standard InChI is InChI=1S/C10H17N3O4/c1-6(14)7-5-11-8(15)13(12-7)9(16)17-10(2,3)4/h6,14H,5H2,1-4H3,(H,11,15). The van der Waals surface area contributed by atoms with E-state index in [1.165, 1.54) is 6.92 Å². The summed E-state index contributed by atoms with van der Waals surface area (Å²) < 4.78 is 5.01. The van der Waals surface area contributed by atoms with Crippen molar-refractivity contribution in [2.75, 3.05) is 6.54 Å². The van der Waals surface area contributed by atoms with E-state index in [9.17, 15) is 14.7 Å². The van der Waals surface area contributed by atoms with Crippen LogP contribution in [0.25, 0.3) is 0 Å². The van der Waals surface area contributed by atoms with E-state index in [0.717, 1.165) is 0 Å². The number of ether oxygens (including phenoxy) is 1. The average Bonchev–Trinajstić information content (AvgIpc) is 2.14. The Hall–Kier alpha value is -1.63. The molecule has 1 atom stereocenters. The molecule has 0 bridgehead atoms. The van der Waals surface area contributed by atoms with Gasteiger partial charge in [0.2, 0.25) is 0 Å². The van der Waals surface area contributed by atoms with Crippen molar-refractivity contribution in [2.45, 2.75) is 39.4 Å². The zero-order valence-electron chi connectivity index (χ0n) is 10.4. The van der Waals surface area contributed by atoms with Crippen molar-refractivity contribution in [2.24, 2.45) is 5.10 Å². The summed E-state index contributed by atoms with van der Waals surface area (Å²) in [5.74, 6) is 0. The predicted molar refractivity (Wildman–Crippen MR) is 60.6 cm³/mol. The third kappa shape index (κ3) is 3.70. The molecule has 0 aliphatic carbocycles. The third-order valence-electron chi connectivity index (χ3n) is 1.89. The Balaban J connectivity index is 2.83. The van der Waals surface area contributed by atoms with Gasteiger partial charge in [-0.05, 0) is 27.7 Å². The minimum absolute atomic E-state index is 0.121. The summed E-state index contributed by atoms with van der Waals surface area (Å²) in [6.07, 6.45) is -1.70. The number of aliphatic hydroxyl groups is 1. The SMILES string of the molecule is CC(O)C1=NN(C(=O)OC(C)(C)C)C(=O)NC1. The van der Waals surface area contributed by atoms with Crippen LogP contribution in [0.3, 0.4) is 0 Å². The summed E-state index contributed by atoms with van der Waals surface area (Å²) in [6, 6.07) is -0.663. The molecule has 0 saturated carbocycles. The molecule has 0 spiro atoms. The number of hydrogen-bond donors (Lipinski definition) is 2. The van der Waals surface area contributed by atoms with Crippen LogP contribution >= 0.6 is 0 Å². The van der Waals surface area contributed by atoms with Gasteiger partial charge in [0.1, 0.15) is 5.60 Å². The second-order valence-electron chi connectivity index (χ2n) is 4.72. The fourth-order valence-corrected chi connectivity index (χ4v) is 1.11. The van der Waals surface area contributed by atoms with Gasteiger partial charge < -0.3 is 15.2 Å². The highest BCUT2D eigenvalue weighted by Crippen LogP contribution is 2.12. The van der Waals surface area contributed by atoms with Gasteiger partial charge in [0.25, 0.3) is 0 Å². The van der Waals surface area contributed by atoms with Crippen molar-refractivity contribution in [1.82, 2.24) is 10.3 Å². The van der Waals surface area contributed by atoms with E-state index in [0.29, 0.717) is 10.7 Å². The van der Waals surface area contributed by atoms with E-state index in [1.807, 2.05) is 0 Å². The summed E-state index contributed by atoms with van der Waals surface area (Å²) >= 11 is 0. The molecule has 7 heteroatoms. The number of imide groups is 1. The second-order valence-corrected chi connectivity index (χ2v) is 4.72. The second kappa shape index (κ2) is 4.70. The number of nitrogens with one attached hydrogen (secondary N) is 1. The predicted octanol–water partition coefficient (Wildman–Crippen LogP) is 0.683. The molecule has 1 rings (SSSR count). The summed E-state index contributed by atoms with van der Waals surface area (Å²) in [5.41, 5.74) is -0.412. The molecule has 2 N–H and O–H groups in total. The van der Waals surface area contributed by atoms with Crippen molar-refractivity contribution in [3.05, 3.63) is 0 Å². The quantitative estimate of drug-likeness (QED) is 0.708. The summed E-state index contributed by atoms with van der Waals surface area (Å²) in [5, 5.41) is 16.1. The largest absolute Gasteiger partial charge is 0.442 e. The fraction of sp³-hybridized carbons (Fsp3) is 0.700. The normalized spacial score (nSPS) is 18.3. The maximum Gasteiger partial charge on any atom is 0.439 e.